The molecular formula is C25H25N5O. The van der Waals surface area contributed by atoms with Crippen molar-refractivity contribution < 1.29 is 4.79 Å². The van der Waals surface area contributed by atoms with Crippen LogP contribution in [0.3, 0.4) is 0 Å². The van der Waals surface area contributed by atoms with Gasteiger partial charge in [-0.25, -0.2) is 0 Å². The van der Waals surface area contributed by atoms with E-state index in [0.29, 0.717) is 24.3 Å². The summed E-state index contributed by atoms with van der Waals surface area (Å²) < 4.78 is 1.86. The van der Waals surface area contributed by atoms with Gasteiger partial charge in [0.2, 0.25) is 0 Å². The Morgan fingerprint density at radius 3 is 2.87 bits per heavy atom. The van der Waals surface area contributed by atoms with E-state index < -0.39 is 0 Å². The van der Waals surface area contributed by atoms with Crippen LogP contribution in [0.1, 0.15) is 40.4 Å². The van der Waals surface area contributed by atoms with E-state index in [-0.39, 0.29) is 11.8 Å². The highest BCUT2D eigenvalue weighted by atomic mass is 16.2. The number of aromatic nitrogens is 3. The molecule has 6 nitrogen and oxygen atoms in total. The Bertz CT molecular complexity index is 1220. The molecular weight excluding hydrogens is 386 g/mol. The first-order chi connectivity index (χ1) is 15.2. The van der Waals surface area contributed by atoms with Gasteiger partial charge in [-0.2, -0.15) is 5.10 Å². The Morgan fingerprint density at radius 2 is 2.00 bits per heavy atom. The van der Waals surface area contributed by atoms with Gasteiger partial charge in [0.1, 0.15) is 0 Å². The number of para-hydroxylation sites is 1. The number of pyridine rings is 1. The number of benzene rings is 2. The highest BCUT2D eigenvalue weighted by Gasteiger charge is 2.28. The molecule has 1 aliphatic heterocycles. The number of nitrogen functional groups attached to an aromatic ring is 1. The van der Waals surface area contributed by atoms with E-state index in [1.165, 1.54) is 0 Å². The van der Waals surface area contributed by atoms with Gasteiger partial charge in [0.05, 0.1) is 23.4 Å². The summed E-state index contributed by atoms with van der Waals surface area (Å²) in [6, 6.07) is 19.7. The molecule has 156 valence electrons. The van der Waals surface area contributed by atoms with Crippen LogP contribution in [0.5, 0.6) is 0 Å². The smallest absolute Gasteiger partial charge is 0.253 e. The fourth-order valence-corrected chi connectivity index (χ4v) is 4.43. The maximum absolute atomic E-state index is 13.3. The fraction of sp³-hybridized carbons (Fsp3) is 0.240. The molecule has 1 amide bonds. The van der Waals surface area contributed by atoms with E-state index in [1.807, 2.05) is 76.4 Å². The van der Waals surface area contributed by atoms with Crippen molar-refractivity contribution in [3.05, 3.63) is 89.9 Å². The number of rotatable bonds is 4. The van der Waals surface area contributed by atoms with E-state index in [1.54, 1.807) is 6.20 Å². The molecule has 1 unspecified atom stereocenters. The molecule has 0 saturated carbocycles. The summed E-state index contributed by atoms with van der Waals surface area (Å²) in [5.74, 6) is 0.209. The number of nitrogens with zero attached hydrogens (tertiary/aromatic N) is 4. The maximum Gasteiger partial charge on any atom is 0.253 e. The quantitative estimate of drug-likeness (QED) is 0.549. The van der Waals surface area contributed by atoms with Crippen molar-refractivity contribution in [1.29, 1.82) is 0 Å². The Balaban J connectivity index is 1.36. The second-order valence-corrected chi connectivity index (χ2v) is 8.15. The number of nitrogens with two attached hydrogens (primary N) is 1. The van der Waals surface area contributed by atoms with Gasteiger partial charge in [0.15, 0.2) is 0 Å². The minimum Gasteiger partial charge on any atom is -0.397 e. The summed E-state index contributed by atoms with van der Waals surface area (Å²) in [5, 5.41) is 5.29. The van der Waals surface area contributed by atoms with Gasteiger partial charge < -0.3 is 10.6 Å². The minimum absolute atomic E-state index is 0.0615. The predicted molar refractivity (Wildman–Crippen MR) is 122 cm³/mol. The Morgan fingerprint density at radius 1 is 1.10 bits per heavy atom. The van der Waals surface area contributed by atoms with Crippen LogP contribution in [0.4, 0.5) is 5.69 Å². The highest BCUT2D eigenvalue weighted by molar-refractivity contribution is 5.94. The van der Waals surface area contributed by atoms with Gasteiger partial charge in [-0.15, -0.1) is 0 Å². The second kappa shape index (κ2) is 8.22. The average Bonchev–Trinajstić information content (AvgIpc) is 3.31. The number of carbonyl (C=O) groups is 1. The number of hydrogen-bond donors (Lipinski definition) is 1. The lowest BCUT2D eigenvalue weighted by molar-refractivity contribution is 0.0706. The van der Waals surface area contributed by atoms with E-state index in [0.717, 1.165) is 41.5 Å². The molecule has 0 bridgehead atoms. The number of anilines is 1. The molecule has 5 rings (SSSR count). The molecule has 1 atom stereocenters. The summed E-state index contributed by atoms with van der Waals surface area (Å²) in [4.78, 5) is 20.1. The van der Waals surface area contributed by atoms with Gasteiger partial charge in [-0.05, 0) is 48.7 Å². The Kier molecular flexibility index (Phi) is 5.12. The third-order valence-corrected chi connectivity index (χ3v) is 5.96. The number of piperidine rings is 1. The molecule has 31 heavy (non-hydrogen) atoms. The molecule has 2 N–H and O–H groups in total. The highest BCUT2D eigenvalue weighted by Crippen LogP contribution is 2.32. The molecule has 1 saturated heterocycles. The van der Waals surface area contributed by atoms with Crippen LogP contribution >= 0.6 is 0 Å². The van der Waals surface area contributed by atoms with E-state index in [2.05, 4.69) is 5.10 Å². The second-order valence-electron chi connectivity index (χ2n) is 8.15. The van der Waals surface area contributed by atoms with Crippen molar-refractivity contribution in [3.63, 3.8) is 0 Å². The first-order valence-corrected chi connectivity index (χ1v) is 10.7. The van der Waals surface area contributed by atoms with Gasteiger partial charge in [0.25, 0.3) is 5.91 Å². The van der Waals surface area contributed by atoms with Crippen LogP contribution < -0.4 is 5.73 Å². The van der Waals surface area contributed by atoms with Crippen molar-refractivity contribution in [3.8, 4) is 0 Å². The topological polar surface area (TPSA) is 77.0 Å². The van der Waals surface area contributed by atoms with Gasteiger partial charge in [-0.3, -0.25) is 14.5 Å². The number of amides is 1. The first-order valence-electron chi connectivity index (χ1n) is 10.7. The van der Waals surface area contributed by atoms with Crippen molar-refractivity contribution in [2.45, 2.75) is 25.3 Å². The van der Waals surface area contributed by atoms with Crippen LogP contribution in [0, 0.1) is 0 Å². The number of hydrogen-bond acceptors (Lipinski definition) is 4. The molecule has 1 aliphatic rings. The van der Waals surface area contributed by atoms with Crippen LogP contribution in [0.25, 0.3) is 10.9 Å². The Labute approximate surface area is 181 Å². The van der Waals surface area contributed by atoms with Crippen molar-refractivity contribution in [2.75, 3.05) is 18.8 Å². The molecule has 6 heteroatoms. The zero-order valence-corrected chi connectivity index (χ0v) is 17.3. The zero-order chi connectivity index (χ0) is 21.2. The zero-order valence-electron chi connectivity index (χ0n) is 17.3. The van der Waals surface area contributed by atoms with Crippen LogP contribution in [-0.2, 0) is 6.54 Å². The number of carbonyl (C=O) groups excluding carboxylic acids is 1. The number of likely N-dealkylation sites (tertiary alicyclic amines) is 1. The predicted octanol–water partition coefficient (Wildman–Crippen LogP) is 4.08. The van der Waals surface area contributed by atoms with Gasteiger partial charge in [-0.1, -0.05) is 30.3 Å². The molecule has 0 aliphatic carbocycles. The summed E-state index contributed by atoms with van der Waals surface area (Å²) >= 11 is 0. The van der Waals surface area contributed by atoms with Gasteiger partial charge in [0, 0.05) is 42.4 Å². The molecule has 2 aromatic carbocycles. The maximum atomic E-state index is 13.3. The summed E-state index contributed by atoms with van der Waals surface area (Å²) in [6.45, 7) is 2.04. The van der Waals surface area contributed by atoms with Crippen LogP contribution in [-0.4, -0.2) is 38.7 Å². The first kappa shape index (κ1) is 19.3. The van der Waals surface area contributed by atoms with Crippen molar-refractivity contribution in [2.24, 2.45) is 0 Å². The fourth-order valence-electron chi connectivity index (χ4n) is 4.43. The minimum atomic E-state index is 0.0615. The Hall–Kier alpha value is -3.67. The number of fused-ring (bicyclic) bond motifs is 1. The van der Waals surface area contributed by atoms with Crippen LogP contribution in [0.15, 0.2) is 73.1 Å². The van der Waals surface area contributed by atoms with Gasteiger partial charge >= 0.3 is 0 Å². The largest absolute Gasteiger partial charge is 0.397 e. The molecule has 2 aromatic heterocycles. The van der Waals surface area contributed by atoms with E-state index in [9.17, 15) is 4.79 Å². The van der Waals surface area contributed by atoms with E-state index in [4.69, 9.17) is 10.7 Å². The molecule has 3 heterocycles. The average molecular weight is 412 g/mol. The van der Waals surface area contributed by atoms with Crippen molar-refractivity contribution >= 4 is 22.5 Å². The van der Waals surface area contributed by atoms with E-state index >= 15 is 0 Å². The van der Waals surface area contributed by atoms with Crippen LogP contribution in [0.2, 0.25) is 0 Å². The standard InChI is InChI=1S/C25H25N5O/c26-22-15-19-7-1-2-10-23(19)28-24(22)21-9-4-12-29(17-21)25(31)20-8-3-6-18(14-20)16-30-13-5-11-27-30/h1-3,5-8,10-11,13-15,21H,4,9,12,16-17,26H2. The summed E-state index contributed by atoms with van der Waals surface area (Å²) in [5.41, 5.74) is 10.7. The SMILES string of the molecule is Nc1cc2ccccc2nc1C1CCCN(C(=O)c2cccc(Cn3cccn3)c2)C1. The lowest BCUT2D eigenvalue weighted by Gasteiger charge is -2.33. The monoisotopic (exact) mass is 411 g/mol. The lowest BCUT2D eigenvalue weighted by atomic mass is 9.92. The molecule has 0 radical (unpaired) electrons. The summed E-state index contributed by atoms with van der Waals surface area (Å²) in [7, 11) is 0. The summed E-state index contributed by atoms with van der Waals surface area (Å²) in [6.07, 6.45) is 5.61. The lowest BCUT2D eigenvalue weighted by Crippen LogP contribution is -2.39. The third-order valence-electron chi connectivity index (χ3n) is 5.96. The third kappa shape index (κ3) is 4.01. The van der Waals surface area contributed by atoms with Crippen molar-refractivity contribution in [1.82, 2.24) is 19.7 Å². The molecule has 4 aromatic rings. The molecule has 0 spiro atoms. The normalized spacial score (nSPS) is 16.5. The molecule has 1 fully saturated rings.